The molecular weight excluding hydrogens is 653 g/mol. The number of hydrogen-bond acceptors (Lipinski definition) is 6. The molecule has 3 N–H and O–H groups in total. The Bertz CT molecular complexity index is 1430. The first-order valence-corrected chi connectivity index (χ1v) is 15.2. The number of amides is 1. The molecule has 0 bridgehead atoms. The molecule has 6 rings (SSSR count). The molecule has 0 spiro atoms. The molecule has 43 heavy (non-hydrogen) atoms. The second kappa shape index (κ2) is 13.8. The lowest BCUT2D eigenvalue weighted by molar-refractivity contribution is -0.907. The van der Waals surface area contributed by atoms with E-state index in [2.05, 4.69) is 73.4 Å². The van der Waals surface area contributed by atoms with E-state index in [1.54, 1.807) is 0 Å². The molecule has 3 aromatic rings. The number of morpholine rings is 1. The van der Waals surface area contributed by atoms with Crippen molar-refractivity contribution in [2.45, 2.75) is 44.7 Å². The number of carbonyl (C=O) groups is 1. The second-order valence-electron chi connectivity index (χ2n) is 12.0. The van der Waals surface area contributed by atoms with Gasteiger partial charge < -0.3 is 48.8 Å². The molecule has 0 aromatic heterocycles. The van der Waals surface area contributed by atoms with Gasteiger partial charge in [0.2, 0.25) is 0 Å². The number of ether oxygens (including phenoxy) is 3. The van der Waals surface area contributed by atoms with Crippen molar-refractivity contribution in [1.29, 1.82) is 0 Å². The van der Waals surface area contributed by atoms with Gasteiger partial charge in [-0.15, -0.1) is 0 Å². The number of anilines is 2. The molecule has 1 unspecified atom stereocenters. The minimum Gasteiger partial charge on any atom is -1.00 e. The first-order chi connectivity index (χ1) is 20.4. The van der Waals surface area contributed by atoms with Crippen LogP contribution in [0.4, 0.5) is 11.4 Å². The van der Waals surface area contributed by atoms with E-state index in [9.17, 15) is 4.79 Å². The predicted molar refractivity (Wildman–Crippen MR) is 167 cm³/mol. The van der Waals surface area contributed by atoms with Crippen LogP contribution in [0.2, 0.25) is 0 Å². The summed E-state index contributed by atoms with van der Waals surface area (Å²) in [6.07, 6.45) is 4.34. The minimum atomic E-state index is -0.451. The molecule has 7 nitrogen and oxygen atoms in total. The largest absolute Gasteiger partial charge is 1.00 e. The number of hydrogen-bond donors (Lipinski definition) is 2. The number of fused-ring (bicyclic) bond motifs is 1. The molecule has 3 aliphatic rings. The Balaban J connectivity index is 0.00000368. The zero-order chi connectivity index (χ0) is 29.1. The van der Waals surface area contributed by atoms with Crippen LogP contribution >= 0.6 is 0 Å². The van der Waals surface area contributed by atoms with Crippen LogP contribution in [0.25, 0.3) is 17.2 Å². The predicted octanol–water partition coefficient (Wildman–Crippen LogP) is 1.47. The van der Waals surface area contributed by atoms with E-state index in [4.69, 9.17) is 19.9 Å². The van der Waals surface area contributed by atoms with Crippen molar-refractivity contribution in [2.24, 2.45) is 0 Å². The summed E-state index contributed by atoms with van der Waals surface area (Å²) in [4.78, 5) is 17.9. The van der Waals surface area contributed by atoms with Crippen LogP contribution in [-0.4, -0.2) is 58.1 Å². The van der Waals surface area contributed by atoms with Crippen LogP contribution in [0.3, 0.4) is 0 Å². The highest BCUT2D eigenvalue weighted by Gasteiger charge is 2.45. The van der Waals surface area contributed by atoms with Crippen LogP contribution in [0.5, 0.6) is 5.75 Å². The smallest absolute Gasteiger partial charge is 0.341 e. The molecule has 2 fully saturated rings. The Morgan fingerprint density at radius 1 is 0.860 bits per heavy atom. The molecule has 1 atom stereocenters. The molecule has 3 aromatic carbocycles. The van der Waals surface area contributed by atoms with Gasteiger partial charge in [0.05, 0.1) is 44.6 Å². The molecule has 0 saturated carbocycles. The molecule has 0 radical (unpaired) electrons. The highest BCUT2D eigenvalue weighted by atomic mass is 127. The first kappa shape index (κ1) is 31.5. The van der Waals surface area contributed by atoms with Gasteiger partial charge in [-0.3, -0.25) is 4.90 Å². The molecule has 228 valence electrons. The summed E-state index contributed by atoms with van der Waals surface area (Å²) in [5.74, 6) is 0.956. The zero-order valence-electron chi connectivity index (χ0n) is 25.1. The Hall–Kier alpha value is -2.92. The fraction of sp³-hybridized carbons (Fsp3) is 0.400. The zero-order valence-corrected chi connectivity index (χ0v) is 27.3. The number of rotatable bonds is 6. The lowest BCUT2D eigenvalue weighted by Crippen LogP contribution is -3.23. The van der Waals surface area contributed by atoms with Gasteiger partial charge in [-0.05, 0) is 67.4 Å². The summed E-state index contributed by atoms with van der Waals surface area (Å²) in [5.41, 5.74) is 12.6. The summed E-state index contributed by atoms with van der Waals surface area (Å²) in [7, 11) is 0. The molecule has 3 aliphatic heterocycles. The number of halogens is 1. The van der Waals surface area contributed by atoms with Crippen molar-refractivity contribution < 1.29 is 47.9 Å². The monoisotopic (exact) mass is 695 g/mol. The van der Waals surface area contributed by atoms with Crippen LogP contribution in [0.15, 0.2) is 72.3 Å². The van der Waals surface area contributed by atoms with E-state index in [1.165, 1.54) is 5.69 Å². The van der Waals surface area contributed by atoms with Gasteiger partial charge in [0, 0.05) is 54.9 Å². The maximum Gasteiger partial charge on any atom is 0.341 e. The summed E-state index contributed by atoms with van der Waals surface area (Å²) >= 11 is 0. The van der Waals surface area contributed by atoms with E-state index < -0.39 is 5.54 Å². The van der Waals surface area contributed by atoms with Gasteiger partial charge in [-0.2, -0.15) is 0 Å². The standard InChI is InChI=1S/C35H41N3O4.HI/c1-35(2,29-6-8-30(36)9-7-29)38(32-14-18-40-19-15-32)34(39)27-13-20-42-33-12-5-26(23-28(33)24-27)25-3-10-31(11-4-25)37-16-21-41-22-17-37;/h3-12,23-24,32H,13-22,36H2,1-2H3;1H. The van der Waals surface area contributed by atoms with Crippen molar-refractivity contribution in [3.05, 3.63) is 83.4 Å². The van der Waals surface area contributed by atoms with Crippen molar-refractivity contribution in [2.75, 3.05) is 56.8 Å². The van der Waals surface area contributed by atoms with Gasteiger partial charge in [0.25, 0.3) is 0 Å². The summed E-state index contributed by atoms with van der Waals surface area (Å²) < 4.78 is 17.4. The third-order valence-corrected chi connectivity index (χ3v) is 9.02. The van der Waals surface area contributed by atoms with Gasteiger partial charge in [-0.1, -0.05) is 30.3 Å². The summed E-state index contributed by atoms with van der Waals surface area (Å²) in [5, 5.41) is 0. The van der Waals surface area contributed by atoms with Gasteiger partial charge >= 0.3 is 5.91 Å². The van der Waals surface area contributed by atoms with E-state index in [1.807, 2.05) is 18.2 Å². The number of nitrogens with one attached hydrogen (secondary N) is 1. The van der Waals surface area contributed by atoms with Crippen LogP contribution < -0.4 is 44.2 Å². The minimum absolute atomic E-state index is 0. The van der Waals surface area contributed by atoms with Gasteiger partial charge in [0.15, 0.2) is 0 Å². The fourth-order valence-corrected chi connectivity index (χ4v) is 6.56. The maximum atomic E-state index is 14.5. The highest BCUT2D eigenvalue weighted by molar-refractivity contribution is 5.93. The Morgan fingerprint density at radius 3 is 2.21 bits per heavy atom. The Kier molecular flexibility index (Phi) is 10.1. The summed E-state index contributed by atoms with van der Waals surface area (Å²) in [6, 6.07) is 23.1. The first-order valence-electron chi connectivity index (χ1n) is 15.2. The van der Waals surface area contributed by atoms with E-state index >= 15 is 0 Å². The number of benzene rings is 3. The van der Waals surface area contributed by atoms with Crippen LogP contribution in [0, 0.1) is 0 Å². The van der Waals surface area contributed by atoms with Crippen molar-refractivity contribution in [1.82, 2.24) is 0 Å². The van der Waals surface area contributed by atoms with Crippen molar-refractivity contribution in [3.63, 3.8) is 0 Å². The Labute approximate surface area is 272 Å². The number of nitrogen functional groups attached to an aromatic ring is 1. The third-order valence-electron chi connectivity index (χ3n) is 9.02. The average Bonchev–Trinajstić information content (AvgIpc) is 3.24. The molecule has 1 amide bonds. The van der Waals surface area contributed by atoms with Crippen LogP contribution in [0.1, 0.15) is 44.2 Å². The van der Waals surface area contributed by atoms with E-state index in [-0.39, 0.29) is 35.9 Å². The lowest BCUT2D eigenvalue weighted by atomic mass is 9.87. The summed E-state index contributed by atoms with van der Waals surface area (Å²) in [6.45, 7) is 9.54. The van der Waals surface area contributed by atoms with E-state index in [0.717, 1.165) is 83.3 Å². The van der Waals surface area contributed by atoms with Gasteiger partial charge in [-0.25, -0.2) is 4.79 Å². The molecular formula is C35H42IN3O4. The number of nitrogens with zero attached hydrogens (tertiary/aromatic N) is 1. The average molecular weight is 696 g/mol. The highest BCUT2D eigenvalue weighted by Crippen LogP contribution is 2.32. The Morgan fingerprint density at radius 2 is 1.51 bits per heavy atom. The lowest BCUT2D eigenvalue weighted by Gasteiger charge is -2.40. The maximum absolute atomic E-state index is 14.5. The number of nitrogens with two attached hydrogens (primary N) is 1. The molecule has 8 heteroatoms. The third kappa shape index (κ3) is 6.93. The van der Waals surface area contributed by atoms with Crippen LogP contribution in [-0.2, 0) is 19.8 Å². The van der Waals surface area contributed by atoms with Crippen molar-refractivity contribution >= 4 is 23.4 Å². The molecule has 3 heterocycles. The number of carbonyl (C=O) groups excluding carboxylic acids is 1. The molecule has 0 aliphatic carbocycles. The SMILES string of the molecule is CC(C)(c1ccc(N)cc1)[NH+](C(=O)C1=Cc2cc(-c3ccc(N4CCOCC4)cc3)ccc2OCC1)C1CCOCC1.[I-]. The molecule has 2 saturated heterocycles. The topological polar surface area (TPSA) is 78.5 Å². The normalized spacial score (nSPS) is 18.4. The number of quaternary nitrogens is 1. The van der Waals surface area contributed by atoms with E-state index in [0.29, 0.717) is 26.2 Å². The van der Waals surface area contributed by atoms with Gasteiger partial charge in [0.1, 0.15) is 11.3 Å². The quantitative estimate of drug-likeness (QED) is 0.301. The second-order valence-corrected chi connectivity index (χ2v) is 12.0. The van der Waals surface area contributed by atoms with Crippen molar-refractivity contribution in [3.8, 4) is 16.9 Å². The fourth-order valence-electron chi connectivity index (χ4n) is 6.56.